The van der Waals surface area contributed by atoms with Crippen molar-refractivity contribution in [3.8, 4) is 0 Å². The molecule has 17 heavy (non-hydrogen) atoms. The molecule has 1 amide bonds. The number of piperidine rings is 1. The van der Waals surface area contributed by atoms with Crippen LogP contribution in [0.15, 0.2) is 0 Å². The van der Waals surface area contributed by atoms with E-state index in [1.807, 2.05) is 27.7 Å². The number of alkyl carbamates (subject to hydrolysis) is 1. The van der Waals surface area contributed by atoms with E-state index in [1.54, 1.807) is 0 Å². The highest BCUT2D eigenvalue weighted by molar-refractivity contribution is 5.68. The Morgan fingerprint density at radius 1 is 1.41 bits per heavy atom. The Hall–Kier alpha value is -0.770. The van der Waals surface area contributed by atoms with Gasteiger partial charge in [0.1, 0.15) is 5.60 Å². The predicted molar refractivity (Wildman–Crippen MR) is 66.9 cm³/mol. The molecule has 1 saturated heterocycles. The highest BCUT2D eigenvalue weighted by atomic mass is 16.6. The van der Waals surface area contributed by atoms with E-state index < -0.39 is 5.60 Å². The second-order valence-corrected chi connectivity index (χ2v) is 6.52. The normalized spacial score (nSPS) is 29.6. The van der Waals surface area contributed by atoms with Crippen molar-refractivity contribution in [2.45, 2.75) is 45.8 Å². The lowest BCUT2D eigenvalue weighted by Crippen LogP contribution is -2.43. The minimum Gasteiger partial charge on any atom is -0.444 e. The Morgan fingerprint density at radius 2 is 2.00 bits per heavy atom. The summed E-state index contributed by atoms with van der Waals surface area (Å²) < 4.78 is 5.23. The first-order valence-electron chi connectivity index (χ1n) is 6.55. The van der Waals surface area contributed by atoms with Gasteiger partial charge in [0.2, 0.25) is 0 Å². The minimum atomic E-state index is -0.418. The lowest BCUT2D eigenvalue weighted by molar-refractivity contribution is 0.0498. The van der Waals surface area contributed by atoms with E-state index in [1.165, 1.54) is 19.5 Å². The molecule has 4 nitrogen and oxygen atoms in total. The van der Waals surface area contributed by atoms with Gasteiger partial charge in [0, 0.05) is 25.7 Å². The number of carbonyl (C=O) groups excluding carboxylic acids is 1. The van der Waals surface area contributed by atoms with Crippen molar-refractivity contribution in [1.82, 2.24) is 10.2 Å². The molecule has 2 aliphatic rings. The summed E-state index contributed by atoms with van der Waals surface area (Å²) >= 11 is 0. The van der Waals surface area contributed by atoms with Gasteiger partial charge in [-0.1, -0.05) is 0 Å². The molecule has 2 unspecified atom stereocenters. The van der Waals surface area contributed by atoms with E-state index in [4.69, 9.17) is 4.74 Å². The van der Waals surface area contributed by atoms with Crippen LogP contribution in [0.25, 0.3) is 0 Å². The van der Waals surface area contributed by atoms with Crippen molar-refractivity contribution < 1.29 is 9.53 Å². The van der Waals surface area contributed by atoms with Crippen molar-refractivity contribution in [3.05, 3.63) is 0 Å². The molecule has 3 atom stereocenters. The van der Waals surface area contributed by atoms with Crippen LogP contribution in [0.1, 0.15) is 34.1 Å². The molecule has 98 valence electrons. The third-order valence-electron chi connectivity index (χ3n) is 3.35. The first-order valence-corrected chi connectivity index (χ1v) is 6.55. The standard InChI is InChI=1S/C13H24N2O2/c1-9(14-12(16)17-13(2,3)4)6-15-7-10-5-11(10)8-15/h9-11H,5-8H2,1-4H3,(H,14,16)/t9-,10?,11?/m1/s1. The number of amides is 1. The van der Waals surface area contributed by atoms with Crippen LogP contribution in [0.3, 0.4) is 0 Å². The van der Waals surface area contributed by atoms with Crippen LogP contribution < -0.4 is 5.32 Å². The Labute approximate surface area is 104 Å². The van der Waals surface area contributed by atoms with Gasteiger partial charge in [-0.2, -0.15) is 0 Å². The molecular weight excluding hydrogens is 216 g/mol. The second kappa shape index (κ2) is 4.48. The fourth-order valence-corrected chi connectivity index (χ4v) is 2.59. The predicted octanol–water partition coefficient (Wildman–Crippen LogP) is 1.85. The fourth-order valence-electron chi connectivity index (χ4n) is 2.59. The zero-order chi connectivity index (χ0) is 12.6. The molecule has 0 bridgehead atoms. The number of rotatable bonds is 3. The molecule has 1 heterocycles. The number of nitrogens with zero attached hydrogens (tertiary/aromatic N) is 1. The topological polar surface area (TPSA) is 41.6 Å². The number of ether oxygens (including phenoxy) is 1. The molecule has 0 radical (unpaired) electrons. The number of nitrogens with one attached hydrogen (secondary N) is 1. The summed E-state index contributed by atoms with van der Waals surface area (Å²) in [4.78, 5) is 14.0. The van der Waals surface area contributed by atoms with Crippen molar-refractivity contribution in [3.63, 3.8) is 0 Å². The molecule has 1 aliphatic heterocycles. The summed E-state index contributed by atoms with van der Waals surface area (Å²) in [5.74, 6) is 1.90. The maximum absolute atomic E-state index is 11.6. The molecule has 1 aliphatic carbocycles. The van der Waals surface area contributed by atoms with E-state index in [0.29, 0.717) is 0 Å². The first-order chi connectivity index (χ1) is 7.83. The number of likely N-dealkylation sites (tertiary alicyclic amines) is 1. The average Bonchev–Trinajstić information content (AvgIpc) is 2.69. The minimum absolute atomic E-state index is 0.155. The number of hydrogen-bond acceptors (Lipinski definition) is 3. The summed E-state index contributed by atoms with van der Waals surface area (Å²) in [6.45, 7) is 11.0. The van der Waals surface area contributed by atoms with E-state index >= 15 is 0 Å². The van der Waals surface area contributed by atoms with Crippen LogP contribution in [-0.2, 0) is 4.74 Å². The summed E-state index contributed by atoms with van der Waals surface area (Å²) in [5, 5.41) is 2.89. The Morgan fingerprint density at radius 3 is 2.53 bits per heavy atom. The molecule has 0 aromatic rings. The Kier molecular flexibility index (Phi) is 3.34. The zero-order valence-electron chi connectivity index (χ0n) is 11.3. The maximum Gasteiger partial charge on any atom is 0.407 e. The van der Waals surface area contributed by atoms with E-state index in [-0.39, 0.29) is 12.1 Å². The molecule has 2 rings (SSSR count). The smallest absolute Gasteiger partial charge is 0.407 e. The highest BCUT2D eigenvalue weighted by Crippen LogP contribution is 2.44. The van der Waals surface area contributed by atoms with Crippen molar-refractivity contribution in [1.29, 1.82) is 0 Å². The monoisotopic (exact) mass is 240 g/mol. The van der Waals surface area contributed by atoms with Crippen LogP contribution >= 0.6 is 0 Å². The lowest BCUT2D eigenvalue weighted by atomic mass is 10.2. The average molecular weight is 240 g/mol. The van der Waals surface area contributed by atoms with Gasteiger partial charge in [-0.15, -0.1) is 0 Å². The molecule has 1 saturated carbocycles. The van der Waals surface area contributed by atoms with Crippen molar-refractivity contribution >= 4 is 6.09 Å². The SMILES string of the molecule is C[C@H](CN1CC2CC2C1)NC(=O)OC(C)(C)C. The fraction of sp³-hybridized carbons (Fsp3) is 0.923. The number of hydrogen-bond donors (Lipinski definition) is 1. The molecule has 2 fully saturated rings. The molecular formula is C13H24N2O2. The van der Waals surface area contributed by atoms with Crippen LogP contribution in [0.5, 0.6) is 0 Å². The lowest BCUT2D eigenvalue weighted by Gasteiger charge is -2.25. The van der Waals surface area contributed by atoms with Gasteiger partial charge >= 0.3 is 6.09 Å². The second-order valence-electron chi connectivity index (χ2n) is 6.52. The van der Waals surface area contributed by atoms with Gasteiger partial charge in [-0.25, -0.2) is 4.79 Å². The summed E-state index contributed by atoms with van der Waals surface area (Å²) in [6, 6.07) is 0.155. The van der Waals surface area contributed by atoms with E-state index in [9.17, 15) is 4.79 Å². The van der Waals surface area contributed by atoms with Gasteiger partial charge in [0.15, 0.2) is 0 Å². The van der Waals surface area contributed by atoms with Crippen LogP contribution in [-0.4, -0.2) is 42.3 Å². The molecule has 0 aromatic heterocycles. The van der Waals surface area contributed by atoms with Gasteiger partial charge < -0.3 is 15.0 Å². The van der Waals surface area contributed by atoms with Crippen LogP contribution in [0.2, 0.25) is 0 Å². The molecule has 4 heteroatoms. The van der Waals surface area contributed by atoms with Gasteiger partial charge in [0.25, 0.3) is 0 Å². The number of carbonyl (C=O) groups is 1. The third-order valence-corrected chi connectivity index (χ3v) is 3.35. The van der Waals surface area contributed by atoms with Gasteiger partial charge in [-0.3, -0.25) is 0 Å². The van der Waals surface area contributed by atoms with Crippen LogP contribution in [0, 0.1) is 11.8 Å². The van der Waals surface area contributed by atoms with Crippen LogP contribution in [0.4, 0.5) is 4.79 Å². The van der Waals surface area contributed by atoms with E-state index in [0.717, 1.165) is 18.4 Å². The van der Waals surface area contributed by atoms with E-state index in [2.05, 4.69) is 10.2 Å². The van der Waals surface area contributed by atoms with Crippen molar-refractivity contribution in [2.75, 3.05) is 19.6 Å². The van der Waals surface area contributed by atoms with Gasteiger partial charge in [-0.05, 0) is 46.0 Å². The summed E-state index contributed by atoms with van der Waals surface area (Å²) in [7, 11) is 0. The quantitative estimate of drug-likeness (QED) is 0.818. The summed E-state index contributed by atoms with van der Waals surface area (Å²) in [6.07, 6.45) is 1.11. The molecule has 0 spiro atoms. The molecule has 0 aromatic carbocycles. The van der Waals surface area contributed by atoms with Crippen molar-refractivity contribution in [2.24, 2.45) is 11.8 Å². The molecule has 1 N–H and O–H groups in total. The Bertz CT molecular complexity index is 288. The van der Waals surface area contributed by atoms with Gasteiger partial charge in [0.05, 0.1) is 0 Å². The summed E-state index contributed by atoms with van der Waals surface area (Å²) in [5.41, 5.74) is -0.418. The number of fused-ring (bicyclic) bond motifs is 1. The third kappa shape index (κ3) is 3.87. The zero-order valence-corrected chi connectivity index (χ0v) is 11.3. The first kappa shape index (κ1) is 12.7. The largest absolute Gasteiger partial charge is 0.444 e. The maximum atomic E-state index is 11.6. The Balaban J connectivity index is 1.66. The highest BCUT2D eigenvalue weighted by Gasteiger charge is 2.44.